The molecule has 0 aliphatic rings. The van der Waals surface area contributed by atoms with E-state index in [1.807, 2.05) is 32.0 Å². The topological polar surface area (TPSA) is 55.0 Å². The van der Waals surface area contributed by atoms with E-state index in [1.54, 1.807) is 11.3 Å². The molecule has 18 heavy (non-hydrogen) atoms. The Bertz CT molecular complexity index is 534. The van der Waals surface area contributed by atoms with Crippen LogP contribution in [0, 0.1) is 6.92 Å². The van der Waals surface area contributed by atoms with Gasteiger partial charge in [0.25, 0.3) is 0 Å². The lowest BCUT2D eigenvalue weighted by atomic mass is 10.1. The quantitative estimate of drug-likeness (QED) is 0.859. The minimum atomic E-state index is 0.860. The van der Waals surface area contributed by atoms with Gasteiger partial charge < -0.3 is 10.6 Å². The van der Waals surface area contributed by atoms with Gasteiger partial charge in [-0.15, -0.1) is 10.2 Å². The Kier molecular flexibility index (Phi) is 3.81. The minimum Gasteiger partial charge on any atom is -0.399 e. The molecule has 0 aliphatic heterocycles. The molecule has 0 amide bonds. The number of anilines is 2. The molecule has 0 bridgehead atoms. The maximum Gasteiger partial charge on any atom is 0.207 e. The highest BCUT2D eigenvalue weighted by Crippen LogP contribution is 2.20. The van der Waals surface area contributed by atoms with Crippen LogP contribution in [0.2, 0.25) is 0 Å². The fraction of sp³-hybridized carbons (Fsp3) is 0.385. The van der Waals surface area contributed by atoms with Crippen LogP contribution in [-0.2, 0) is 12.8 Å². The highest BCUT2D eigenvalue weighted by Gasteiger charge is 2.06. The summed E-state index contributed by atoms with van der Waals surface area (Å²) in [5.41, 5.74) is 9.14. The highest BCUT2D eigenvalue weighted by molar-refractivity contribution is 7.15. The number of rotatable bonds is 4. The molecule has 1 heterocycles. The number of benzene rings is 1. The van der Waals surface area contributed by atoms with Gasteiger partial charge in [0.1, 0.15) is 5.01 Å². The first kappa shape index (κ1) is 12.8. The molecular weight excluding hydrogens is 244 g/mol. The van der Waals surface area contributed by atoms with E-state index in [2.05, 4.69) is 22.3 Å². The molecule has 96 valence electrons. The summed E-state index contributed by atoms with van der Waals surface area (Å²) in [6, 6.07) is 6.23. The molecule has 0 aliphatic carbocycles. The van der Waals surface area contributed by atoms with Gasteiger partial charge in [-0.25, -0.2) is 0 Å². The van der Waals surface area contributed by atoms with E-state index in [0.717, 1.165) is 34.2 Å². The van der Waals surface area contributed by atoms with Crippen LogP contribution in [0.15, 0.2) is 18.2 Å². The van der Waals surface area contributed by atoms with Crippen molar-refractivity contribution in [1.82, 2.24) is 10.2 Å². The Hall–Kier alpha value is -1.62. The van der Waals surface area contributed by atoms with E-state index in [9.17, 15) is 0 Å². The summed E-state index contributed by atoms with van der Waals surface area (Å²) in [6.45, 7) is 2.02. The van der Waals surface area contributed by atoms with Gasteiger partial charge in [-0.05, 0) is 30.5 Å². The zero-order valence-corrected chi connectivity index (χ0v) is 11.8. The SMILES string of the molecule is Cc1ccc(CCc2nnc(N(C)C)s2)cc1N. The number of aryl methyl sites for hydroxylation is 3. The predicted octanol–water partition coefficient (Wildman–Crippen LogP) is 2.28. The fourth-order valence-corrected chi connectivity index (χ4v) is 2.38. The molecule has 0 atom stereocenters. The van der Waals surface area contributed by atoms with Crippen molar-refractivity contribution >= 4 is 22.2 Å². The highest BCUT2D eigenvalue weighted by atomic mass is 32.1. The van der Waals surface area contributed by atoms with E-state index in [1.165, 1.54) is 5.56 Å². The van der Waals surface area contributed by atoms with Crippen LogP contribution in [0.3, 0.4) is 0 Å². The maximum atomic E-state index is 5.90. The fourth-order valence-electron chi connectivity index (χ4n) is 1.62. The number of nitrogens with zero attached hydrogens (tertiary/aromatic N) is 3. The van der Waals surface area contributed by atoms with Crippen LogP contribution >= 0.6 is 11.3 Å². The summed E-state index contributed by atoms with van der Waals surface area (Å²) < 4.78 is 0. The van der Waals surface area contributed by atoms with Gasteiger partial charge >= 0.3 is 0 Å². The smallest absolute Gasteiger partial charge is 0.207 e. The Labute approximate surface area is 111 Å². The van der Waals surface area contributed by atoms with Crippen molar-refractivity contribution in [2.75, 3.05) is 24.7 Å². The molecular formula is C13H18N4S. The number of aromatic nitrogens is 2. The lowest BCUT2D eigenvalue weighted by Crippen LogP contribution is -2.07. The van der Waals surface area contributed by atoms with Crippen molar-refractivity contribution in [1.29, 1.82) is 0 Å². The average Bonchev–Trinajstić information content (AvgIpc) is 2.79. The average molecular weight is 262 g/mol. The monoisotopic (exact) mass is 262 g/mol. The molecule has 0 radical (unpaired) electrons. The molecule has 2 aromatic rings. The van der Waals surface area contributed by atoms with Crippen molar-refractivity contribution in [3.8, 4) is 0 Å². The molecule has 2 N–H and O–H groups in total. The summed E-state index contributed by atoms with van der Waals surface area (Å²) in [5.74, 6) is 0. The molecule has 5 heteroatoms. The number of nitrogen functional groups attached to an aromatic ring is 1. The largest absolute Gasteiger partial charge is 0.399 e. The molecule has 1 aromatic carbocycles. The molecule has 1 aromatic heterocycles. The summed E-state index contributed by atoms with van der Waals surface area (Å²) in [4.78, 5) is 1.98. The molecule has 0 saturated heterocycles. The van der Waals surface area contributed by atoms with Gasteiger partial charge in [0.2, 0.25) is 5.13 Å². The van der Waals surface area contributed by atoms with Gasteiger partial charge in [0.15, 0.2) is 0 Å². The second-order valence-corrected chi connectivity index (χ2v) is 5.60. The Morgan fingerprint density at radius 1 is 1.22 bits per heavy atom. The third kappa shape index (κ3) is 2.98. The first-order valence-corrected chi connectivity index (χ1v) is 6.72. The van der Waals surface area contributed by atoms with Crippen LogP contribution in [0.25, 0.3) is 0 Å². The minimum absolute atomic E-state index is 0.860. The molecule has 0 spiro atoms. The van der Waals surface area contributed by atoms with Gasteiger partial charge in [-0.1, -0.05) is 23.5 Å². The van der Waals surface area contributed by atoms with Crippen molar-refractivity contribution in [2.45, 2.75) is 19.8 Å². The van der Waals surface area contributed by atoms with E-state index in [0.29, 0.717) is 0 Å². The van der Waals surface area contributed by atoms with Crippen LogP contribution in [0.5, 0.6) is 0 Å². The molecule has 0 fully saturated rings. The third-order valence-corrected chi connectivity index (χ3v) is 3.96. The van der Waals surface area contributed by atoms with Gasteiger partial charge in [0.05, 0.1) is 0 Å². The second kappa shape index (κ2) is 5.35. The van der Waals surface area contributed by atoms with E-state index in [-0.39, 0.29) is 0 Å². The lowest BCUT2D eigenvalue weighted by molar-refractivity contribution is 0.898. The first-order chi connectivity index (χ1) is 8.56. The molecule has 2 rings (SSSR count). The summed E-state index contributed by atoms with van der Waals surface area (Å²) in [5, 5.41) is 10.3. The Morgan fingerprint density at radius 2 is 2.00 bits per heavy atom. The number of nitrogens with two attached hydrogens (primary N) is 1. The summed E-state index contributed by atoms with van der Waals surface area (Å²) in [7, 11) is 3.95. The van der Waals surface area contributed by atoms with Crippen molar-refractivity contribution in [3.05, 3.63) is 34.3 Å². The molecule has 0 saturated carbocycles. The summed E-state index contributed by atoms with van der Waals surface area (Å²) >= 11 is 1.64. The van der Waals surface area contributed by atoms with Crippen molar-refractivity contribution < 1.29 is 0 Å². The maximum absolute atomic E-state index is 5.90. The molecule has 0 unspecified atom stereocenters. The van der Waals surface area contributed by atoms with Gasteiger partial charge in [-0.3, -0.25) is 0 Å². The van der Waals surface area contributed by atoms with Crippen LogP contribution in [0.4, 0.5) is 10.8 Å². The van der Waals surface area contributed by atoms with Gasteiger partial charge in [0, 0.05) is 26.2 Å². The van der Waals surface area contributed by atoms with E-state index >= 15 is 0 Å². The third-order valence-electron chi connectivity index (χ3n) is 2.81. The van der Waals surface area contributed by atoms with Gasteiger partial charge in [-0.2, -0.15) is 0 Å². The van der Waals surface area contributed by atoms with Crippen LogP contribution in [0.1, 0.15) is 16.1 Å². The lowest BCUT2D eigenvalue weighted by Gasteiger charge is -2.04. The zero-order valence-electron chi connectivity index (χ0n) is 11.0. The predicted molar refractivity (Wildman–Crippen MR) is 77.2 cm³/mol. The summed E-state index contributed by atoms with van der Waals surface area (Å²) in [6.07, 6.45) is 1.86. The normalized spacial score (nSPS) is 10.6. The van der Waals surface area contributed by atoms with Crippen LogP contribution in [-0.4, -0.2) is 24.3 Å². The van der Waals surface area contributed by atoms with Crippen LogP contribution < -0.4 is 10.6 Å². The first-order valence-electron chi connectivity index (χ1n) is 5.91. The standard InChI is InChI=1S/C13H18N4S/c1-9-4-5-10(8-11(9)14)6-7-12-15-16-13(18-12)17(2)3/h4-5,8H,6-7,14H2,1-3H3. The zero-order chi connectivity index (χ0) is 13.1. The van der Waals surface area contributed by atoms with E-state index < -0.39 is 0 Å². The number of hydrogen-bond acceptors (Lipinski definition) is 5. The number of hydrogen-bond donors (Lipinski definition) is 1. The van der Waals surface area contributed by atoms with Crippen molar-refractivity contribution in [2.24, 2.45) is 0 Å². The Morgan fingerprint density at radius 3 is 2.61 bits per heavy atom. The van der Waals surface area contributed by atoms with E-state index in [4.69, 9.17) is 5.73 Å². The van der Waals surface area contributed by atoms with Crippen molar-refractivity contribution in [3.63, 3.8) is 0 Å². The second-order valence-electron chi connectivity index (χ2n) is 4.56. The molecule has 4 nitrogen and oxygen atoms in total. The Balaban J connectivity index is 2.00.